The van der Waals surface area contributed by atoms with Crippen molar-refractivity contribution in [3.05, 3.63) is 23.8 Å². The van der Waals surface area contributed by atoms with Crippen LogP contribution in [0.5, 0.6) is 5.75 Å². The lowest BCUT2D eigenvalue weighted by Crippen LogP contribution is -2.32. The Hall–Kier alpha value is -1.22. The summed E-state index contributed by atoms with van der Waals surface area (Å²) in [7, 11) is 1.72. The van der Waals surface area contributed by atoms with Gasteiger partial charge in [-0.05, 0) is 50.3 Å². The minimum Gasteiger partial charge on any atom is -0.495 e. The average Bonchev–Trinajstić information content (AvgIpc) is 2.33. The molecule has 0 heterocycles. The first-order valence-electron chi connectivity index (χ1n) is 7.04. The average molecular weight is 264 g/mol. The Morgan fingerprint density at radius 1 is 1.32 bits per heavy atom. The molecule has 0 bridgehead atoms. The van der Waals surface area contributed by atoms with Gasteiger partial charge in [0.15, 0.2) is 0 Å². The second-order valence-electron chi connectivity index (χ2n) is 6.13. The fourth-order valence-corrected chi connectivity index (χ4v) is 1.98. The molecular weight excluding hydrogens is 236 g/mol. The Morgan fingerprint density at radius 3 is 2.53 bits per heavy atom. The largest absolute Gasteiger partial charge is 0.495 e. The van der Waals surface area contributed by atoms with Crippen LogP contribution in [-0.2, 0) is 0 Å². The molecule has 1 rings (SSSR count). The Morgan fingerprint density at radius 2 is 2.00 bits per heavy atom. The molecule has 0 aliphatic rings. The molecule has 1 aromatic rings. The third kappa shape index (κ3) is 5.52. The van der Waals surface area contributed by atoms with Crippen molar-refractivity contribution in [2.45, 2.75) is 52.0 Å². The summed E-state index contributed by atoms with van der Waals surface area (Å²) in [5.74, 6) is 1.43. The van der Waals surface area contributed by atoms with Crippen molar-refractivity contribution in [2.75, 3.05) is 19.0 Å². The molecule has 0 saturated heterocycles. The number of nitrogens with one attached hydrogen (secondary N) is 1. The van der Waals surface area contributed by atoms with Gasteiger partial charge in [0.2, 0.25) is 0 Å². The predicted octanol–water partition coefficient (Wildman–Crippen LogP) is 3.75. The highest BCUT2D eigenvalue weighted by molar-refractivity contribution is 5.58. The maximum atomic E-state index is 5.97. The first-order chi connectivity index (χ1) is 8.83. The number of nitrogens with two attached hydrogens (primary N) is 1. The van der Waals surface area contributed by atoms with Crippen LogP contribution in [0, 0.1) is 0 Å². The van der Waals surface area contributed by atoms with E-state index in [9.17, 15) is 0 Å². The summed E-state index contributed by atoms with van der Waals surface area (Å²) in [6.07, 6.45) is 2.06. The molecule has 0 unspecified atom stereocenters. The maximum Gasteiger partial charge on any atom is 0.142 e. The number of rotatable bonds is 7. The molecule has 0 aliphatic carbocycles. The summed E-state index contributed by atoms with van der Waals surface area (Å²) < 4.78 is 5.45. The topological polar surface area (TPSA) is 47.3 Å². The number of hydrogen-bond donors (Lipinski definition) is 2. The zero-order valence-electron chi connectivity index (χ0n) is 12.9. The van der Waals surface area contributed by atoms with Gasteiger partial charge < -0.3 is 15.8 Å². The van der Waals surface area contributed by atoms with Crippen LogP contribution >= 0.6 is 0 Å². The van der Waals surface area contributed by atoms with Gasteiger partial charge in [0.05, 0.1) is 12.8 Å². The Balaban J connectivity index is 2.58. The minimum atomic E-state index is -0.0900. The first kappa shape index (κ1) is 15.8. The molecule has 0 atom stereocenters. The fraction of sp³-hybridized carbons (Fsp3) is 0.625. The van der Waals surface area contributed by atoms with Crippen molar-refractivity contribution in [2.24, 2.45) is 5.73 Å². The lowest BCUT2D eigenvalue weighted by molar-refractivity contribution is 0.415. The van der Waals surface area contributed by atoms with Gasteiger partial charge in [-0.25, -0.2) is 0 Å². The lowest BCUT2D eigenvalue weighted by Gasteiger charge is -2.19. The van der Waals surface area contributed by atoms with Crippen LogP contribution in [0.2, 0.25) is 0 Å². The van der Waals surface area contributed by atoms with E-state index in [4.69, 9.17) is 10.5 Å². The normalized spacial score (nSPS) is 11.7. The van der Waals surface area contributed by atoms with Gasteiger partial charge in [-0.3, -0.25) is 0 Å². The number of hydrogen-bond acceptors (Lipinski definition) is 3. The van der Waals surface area contributed by atoms with Crippen molar-refractivity contribution >= 4 is 5.69 Å². The number of benzene rings is 1. The van der Waals surface area contributed by atoms with Gasteiger partial charge in [0.1, 0.15) is 5.75 Å². The standard InChI is InChI=1S/C16H28N2O/c1-12(2)13-7-8-14(15(11-13)19-5)18-10-6-9-16(3,4)17/h7-8,11-12,18H,6,9-10,17H2,1-5H3. The van der Waals surface area contributed by atoms with Gasteiger partial charge in [0.25, 0.3) is 0 Å². The number of methoxy groups -OCH3 is 1. The van der Waals surface area contributed by atoms with Gasteiger partial charge in [-0.1, -0.05) is 19.9 Å². The predicted molar refractivity (Wildman–Crippen MR) is 83.1 cm³/mol. The molecular formula is C16H28N2O. The van der Waals surface area contributed by atoms with Crippen LogP contribution in [0.3, 0.4) is 0 Å². The van der Waals surface area contributed by atoms with Crippen molar-refractivity contribution in [1.82, 2.24) is 0 Å². The van der Waals surface area contributed by atoms with Crippen molar-refractivity contribution in [3.8, 4) is 5.75 Å². The molecule has 3 N–H and O–H groups in total. The van der Waals surface area contributed by atoms with E-state index in [1.54, 1.807) is 7.11 Å². The van der Waals surface area contributed by atoms with E-state index < -0.39 is 0 Å². The number of anilines is 1. The van der Waals surface area contributed by atoms with Crippen LogP contribution < -0.4 is 15.8 Å². The van der Waals surface area contributed by atoms with Crippen LogP contribution in [-0.4, -0.2) is 19.2 Å². The van der Waals surface area contributed by atoms with E-state index in [1.807, 2.05) is 0 Å². The molecule has 0 radical (unpaired) electrons. The lowest BCUT2D eigenvalue weighted by atomic mass is 10.00. The highest BCUT2D eigenvalue weighted by Gasteiger charge is 2.10. The SMILES string of the molecule is COc1cc(C(C)C)ccc1NCCCC(C)(C)N. The summed E-state index contributed by atoms with van der Waals surface area (Å²) in [5.41, 5.74) is 8.24. The van der Waals surface area contributed by atoms with E-state index in [0.717, 1.165) is 30.8 Å². The summed E-state index contributed by atoms with van der Waals surface area (Å²) in [6, 6.07) is 6.37. The Bertz CT molecular complexity index is 394. The summed E-state index contributed by atoms with van der Waals surface area (Å²) in [5, 5.41) is 3.42. The minimum absolute atomic E-state index is 0.0900. The summed E-state index contributed by atoms with van der Waals surface area (Å²) in [6.45, 7) is 9.41. The molecule has 0 aromatic heterocycles. The first-order valence-corrected chi connectivity index (χ1v) is 7.04. The monoisotopic (exact) mass is 264 g/mol. The smallest absolute Gasteiger partial charge is 0.142 e. The molecule has 1 aromatic carbocycles. The molecule has 0 aliphatic heterocycles. The van der Waals surface area contributed by atoms with Crippen molar-refractivity contribution in [3.63, 3.8) is 0 Å². The van der Waals surface area contributed by atoms with Gasteiger partial charge in [-0.15, -0.1) is 0 Å². The third-order valence-electron chi connectivity index (χ3n) is 3.21. The van der Waals surface area contributed by atoms with Crippen LogP contribution in [0.15, 0.2) is 18.2 Å². The summed E-state index contributed by atoms with van der Waals surface area (Å²) >= 11 is 0. The molecule has 0 spiro atoms. The molecule has 3 nitrogen and oxygen atoms in total. The van der Waals surface area contributed by atoms with Crippen molar-refractivity contribution < 1.29 is 4.74 Å². The number of ether oxygens (including phenoxy) is 1. The van der Waals surface area contributed by atoms with Gasteiger partial charge in [0, 0.05) is 12.1 Å². The maximum absolute atomic E-state index is 5.97. The third-order valence-corrected chi connectivity index (χ3v) is 3.21. The molecule has 19 heavy (non-hydrogen) atoms. The molecule has 0 fully saturated rings. The molecule has 0 amide bonds. The van der Waals surface area contributed by atoms with Gasteiger partial charge >= 0.3 is 0 Å². The quantitative estimate of drug-likeness (QED) is 0.737. The second kappa shape index (κ2) is 6.80. The fourth-order valence-electron chi connectivity index (χ4n) is 1.98. The van der Waals surface area contributed by atoms with Crippen LogP contribution in [0.4, 0.5) is 5.69 Å². The molecule has 108 valence electrons. The van der Waals surface area contributed by atoms with Crippen LogP contribution in [0.1, 0.15) is 52.0 Å². The van der Waals surface area contributed by atoms with E-state index in [-0.39, 0.29) is 5.54 Å². The Kier molecular flexibility index (Phi) is 5.67. The van der Waals surface area contributed by atoms with Crippen molar-refractivity contribution in [1.29, 1.82) is 0 Å². The zero-order chi connectivity index (χ0) is 14.5. The Labute approximate surface area is 117 Å². The van der Waals surface area contributed by atoms with Gasteiger partial charge in [-0.2, -0.15) is 0 Å². The zero-order valence-corrected chi connectivity index (χ0v) is 12.9. The highest BCUT2D eigenvalue weighted by atomic mass is 16.5. The second-order valence-corrected chi connectivity index (χ2v) is 6.13. The van der Waals surface area contributed by atoms with E-state index in [0.29, 0.717) is 5.92 Å². The summed E-state index contributed by atoms with van der Waals surface area (Å²) in [4.78, 5) is 0. The van der Waals surface area contributed by atoms with Crippen LogP contribution in [0.25, 0.3) is 0 Å². The molecule has 3 heteroatoms. The highest BCUT2D eigenvalue weighted by Crippen LogP contribution is 2.28. The van der Waals surface area contributed by atoms with E-state index in [1.165, 1.54) is 5.56 Å². The van der Waals surface area contributed by atoms with E-state index in [2.05, 4.69) is 51.2 Å². The molecule has 0 saturated carbocycles. The van der Waals surface area contributed by atoms with E-state index >= 15 is 0 Å².